The summed E-state index contributed by atoms with van der Waals surface area (Å²) in [6, 6.07) is 5.90. The summed E-state index contributed by atoms with van der Waals surface area (Å²) >= 11 is 0. The Bertz CT molecular complexity index is 867. The fourth-order valence-electron chi connectivity index (χ4n) is 2.25. The van der Waals surface area contributed by atoms with E-state index in [1.165, 1.54) is 29.3 Å². The van der Waals surface area contributed by atoms with Crippen molar-refractivity contribution >= 4 is 11.8 Å². The van der Waals surface area contributed by atoms with Crippen molar-refractivity contribution in [3.63, 3.8) is 0 Å². The summed E-state index contributed by atoms with van der Waals surface area (Å²) < 4.78 is 14.0. The maximum atomic E-state index is 14.0. The van der Waals surface area contributed by atoms with E-state index in [9.17, 15) is 14.0 Å². The number of nitrogens with two attached hydrogens (primary N) is 1. The number of halogens is 1. The molecule has 0 spiro atoms. The smallest absolute Gasteiger partial charge is 0.267 e. The van der Waals surface area contributed by atoms with E-state index in [-0.39, 0.29) is 28.6 Å². The third-order valence-electron chi connectivity index (χ3n) is 3.70. The van der Waals surface area contributed by atoms with Gasteiger partial charge < -0.3 is 15.7 Å². The lowest BCUT2D eigenvalue weighted by atomic mass is 10.1. The number of rotatable bonds is 2. The summed E-state index contributed by atoms with van der Waals surface area (Å²) in [5.41, 5.74) is 5.36. The van der Waals surface area contributed by atoms with Crippen molar-refractivity contribution in [2.24, 2.45) is 5.73 Å². The highest BCUT2D eigenvalue weighted by atomic mass is 19.1. The minimum absolute atomic E-state index is 0.0190. The maximum Gasteiger partial charge on any atom is 0.267 e. The predicted molar refractivity (Wildman–Crippen MR) is 92.1 cm³/mol. The first-order valence-corrected chi connectivity index (χ1v) is 7.66. The molecule has 2 aromatic rings. The molecular weight excluding hydrogens is 339 g/mol. The molecule has 2 amide bonds. The van der Waals surface area contributed by atoms with Crippen LogP contribution >= 0.6 is 0 Å². The van der Waals surface area contributed by atoms with Gasteiger partial charge in [-0.1, -0.05) is 12.0 Å². The molecule has 7 nitrogen and oxygen atoms in total. The fourth-order valence-corrected chi connectivity index (χ4v) is 2.25. The van der Waals surface area contributed by atoms with Crippen molar-refractivity contribution in [3.05, 3.63) is 47.5 Å². The predicted octanol–water partition coefficient (Wildman–Crippen LogP) is 0.572. The van der Waals surface area contributed by atoms with E-state index in [0.717, 1.165) is 0 Å². The zero-order valence-electron chi connectivity index (χ0n) is 14.0. The van der Waals surface area contributed by atoms with Crippen LogP contribution in [0.5, 0.6) is 0 Å². The van der Waals surface area contributed by atoms with Crippen molar-refractivity contribution in [1.82, 2.24) is 14.9 Å². The van der Waals surface area contributed by atoms with Gasteiger partial charge in [-0.25, -0.2) is 14.4 Å². The average Bonchev–Trinajstić information content (AvgIpc) is 2.93. The summed E-state index contributed by atoms with van der Waals surface area (Å²) in [6.45, 7) is 0.694. The molecule has 0 radical (unpaired) electrons. The Morgan fingerprint density at radius 3 is 2.69 bits per heavy atom. The van der Waals surface area contributed by atoms with Crippen LogP contribution in [0.25, 0.3) is 11.4 Å². The van der Waals surface area contributed by atoms with E-state index < -0.39 is 17.8 Å². The van der Waals surface area contributed by atoms with Crippen LogP contribution in [0.4, 0.5) is 4.39 Å². The standard InChI is InChI=1S/C13H8FN3O.C5H9NO2/c1-2-8-4-3-5-9(11(8)14)13-16-7-6-10(17-13)12(15)18;1-6-3-2-4(7)5(6)8/h1,3-7H,(H2,15,18);4,7H,2-3H2,1H3/t;4-/m.0/s1. The van der Waals surface area contributed by atoms with Crippen molar-refractivity contribution in [1.29, 1.82) is 0 Å². The SMILES string of the molecule is C#Cc1cccc(-c2nccc(C(N)=O)n2)c1F.CN1CC[C@H](O)C1=O. The number of aliphatic hydroxyl groups is 1. The Labute approximate surface area is 149 Å². The number of aliphatic hydroxyl groups excluding tert-OH is 1. The summed E-state index contributed by atoms with van der Waals surface area (Å²) in [5.74, 6) is 0.845. The van der Waals surface area contributed by atoms with Gasteiger partial charge >= 0.3 is 0 Å². The third-order valence-corrected chi connectivity index (χ3v) is 3.70. The molecule has 0 unspecified atom stereocenters. The average molecular weight is 356 g/mol. The summed E-state index contributed by atoms with van der Waals surface area (Å²) in [4.78, 5) is 30.9. The number of likely N-dealkylation sites (tertiary alicyclic amines) is 1. The Morgan fingerprint density at radius 1 is 1.46 bits per heavy atom. The maximum absolute atomic E-state index is 14.0. The second-order valence-corrected chi connectivity index (χ2v) is 5.51. The monoisotopic (exact) mass is 356 g/mol. The van der Waals surface area contributed by atoms with Gasteiger partial charge in [0.25, 0.3) is 11.8 Å². The van der Waals surface area contributed by atoms with E-state index in [0.29, 0.717) is 13.0 Å². The van der Waals surface area contributed by atoms with Crippen LogP contribution in [0.1, 0.15) is 22.5 Å². The molecule has 1 fully saturated rings. The van der Waals surface area contributed by atoms with Crippen LogP contribution in [0.2, 0.25) is 0 Å². The second kappa shape index (κ2) is 8.18. The number of carbonyl (C=O) groups is 2. The van der Waals surface area contributed by atoms with Gasteiger partial charge in [0.05, 0.1) is 11.1 Å². The Morgan fingerprint density at radius 2 is 2.19 bits per heavy atom. The Balaban J connectivity index is 0.000000254. The molecule has 3 N–H and O–H groups in total. The van der Waals surface area contributed by atoms with Crippen LogP contribution in [0.3, 0.4) is 0 Å². The van der Waals surface area contributed by atoms with Crippen molar-refractivity contribution < 1.29 is 19.1 Å². The number of aromatic nitrogens is 2. The number of primary amides is 1. The lowest BCUT2D eigenvalue weighted by Gasteiger charge is -2.04. The number of benzene rings is 1. The minimum Gasteiger partial charge on any atom is -0.383 e. The van der Waals surface area contributed by atoms with Gasteiger partial charge in [0.15, 0.2) is 5.82 Å². The van der Waals surface area contributed by atoms with Crippen LogP contribution < -0.4 is 5.73 Å². The number of amides is 2. The highest BCUT2D eigenvalue weighted by Gasteiger charge is 2.25. The van der Waals surface area contributed by atoms with E-state index in [1.54, 1.807) is 13.1 Å². The lowest BCUT2D eigenvalue weighted by molar-refractivity contribution is -0.133. The fraction of sp³-hybridized carbons (Fsp3) is 0.222. The van der Waals surface area contributed by atoms with E-state index in [1.807, 2.05) is 0 Å². The van der Waals surface area contributed by atoms with Crippen LogP contribution in [-0.2, 0) is 4.79 Å². The highest BCUT2D eigenvalue weighted by Crippen LogP contribution is 2.21. The largest absolute Gasteiger partial charge is 0.383 e. The molecule has 1 atom stereocenters. The van der Waals surface area contributed by atoms with Crippen LogP contribution in [0.15, 0.2) is 30.5 Å². The molecule has 8 heteroatoms. The molecule has 0 saturated carbocycles. The first-order chi connectivity index (χ1) is 12.3. The van der Waals surface area contributed by atoms with Gasteiger partial charge in [-0.15, -0.1) is 6.42 Å². The van der Waals surface area contributed by atoms with Gasteiger partial charge in [0.2, 0.25) is 0 Å². The molecule has 1 aliphatic rings. The number of hydrogen-bond acceptors (Lipinski definition) is 5. The van der Waals surface area contributed by atoms with Gasteiger partial charge in [0, 0.05) is 19.8 Å². The molecular formula is C18H17FN4O3. The molecule has 134 valence electrons. The first-order valence-electron chi connectivity index (χ1n) is 7.66. The molecule has 1 aliphatic heterocycles. The minimum atomic E-state index is -0.722. The number of likely N-dealkylation sites (N-methyl/N-ethyl adjacent to an activating group) is 1. The second-order valence-electron chi connectivity index (χ2n) is 5.51. The van der Waals surface area contributed by atoms with Crippen LogP contribution in [0, 0.1) is 18.2 Å². The van der Waals surface area contributed by atoms with Gasteiger partial charge in [-0.05, 0) is 24.6 Å². The summed E-state index contributed by atoms with van der Waals surface area (Å²) in [6.07, 6.45) is 6.38. The third kappa shape index (κ3) is 4.20. The number of nitrogens with zero attached hydrogens (tertiary/aromatic N) is 3. The lowest BCUT2D eigenvalue weighted by Crippen LogP contribution is -2.24. The molecule has 1 saturated heterocycles. The zero-order valence-corrected chi connectivity index (χ0v) is 14.0. The van der Waals surface area contributed by atoms with E-state index >= 15 is 0 Å². The Hall–Kier alpha value is -3.31. The molecule has 2 heterocycles. The Kier molecular flexibility index (Phi) is 5.98. The molecule has 1 aromatic carbocycles. The number of terminal acetylenes is 1. The molecule has 0 aliphatic carbocycles. The molecule has 26 heavy (non-hydrogen) atoms. The van der Waals surface area contributed by atoms with Crippen LogP contribution in [-0.4, -0.2) is 51.5 Å². The summed E-state index contributed by atoms with van der Waals surface area (Å²) in [5, 5.41) is 8.78. The number of carbonyl (C=O) groups excluding carboxylic acids is 2. The first kappa shape index (κ1) is 19.0. The number of hydrogen-bond donors (Lipinski definition) is 2. The molecule has 3 rings (SSSR count). The normalized spacial score (nSPS) is 15.8. The van der Waals surface area contributed by atoms with E-state index in [2.05, 4.69) is 15.9 Å². The van der Waals surface area contributed by atoms with Crippen molar-refractivity contribution in [2.45, 2.75) is 12.5 Å². The quantitative estimate of drug-likeness (QED) is 0.765. The topological polar surface area (TPSA) is 109 Å². The molecule has 1 aromatic heterocycles. The van der Waals surface area contributed by atoms with Crippen molar-refractivity contribution in [3.8, 4) is 23.7 Å². The highest BCUT2D eigenvalue weighted by molar-refractivity contribution is 5.91. The van der Waals surface area contributed by atoms with Gasteiger partial charge in [-0.2, -0.15) is 0 Å². The van der Waals surface area contributed by atoms with E-state index in [4.69, 9.17) is 17.3 Å². The zero-order chi connectivity index (χ0) is 19.3. The van der Waals surface area contributed by atoms with Gasteiger partial charge in [-0.3, -0.25) is 9.59 Å². The van der Waals surface area contributed by atoms with Gasteiger partial charge in [0.1, 0.15) is 17.6 Å². The van der Waals surface area contributed by atoms with Crippen molar-refractivity contribution in [2.75, 3.05) is 13.6 Å². The molecule has 0 bridgehead atoms. The summed E-state index contributed by atoms with van der Waals surface area (Å²) in [7, 11) is 1.69.